The molecule has 42 heavy (non-hydrogen) atoms. The van der Waals surface area contributed by atoms with Crippen molar-refractivity contribution in [1.29, 1.82) is 0 Å². The Balaban J connectivity index is 1.27. The standard InChI is InChI=1S/C33H33FN4O3S/c1-21-8-5-10-24(34)29(21)36-31(39)27-20-22-14-18-38(26-12-4-3-9-23(26)30(22)42-27)32(40)25-11-6-13-28(35-25)37-17-7-15-33(2,41)16-19-37/h3-6,8-13,20,41H,7,14-19H2,1-2H3,(H,36,39). The molecule has 0 bridgehead atoms. The number of hydrogen-bond acceptors (Lipinski definition) is 6. The first-order valence-electron chi connectivity index (χ1n) is 14.2. The van der Waals surface area contributed by atoms with Crippen LogP contribution in [-0.4, -0.2) is 47.1 Å². The van der Waals surface area contributed by atoms with Gasteiger partial charge in [-0.15, -0.1) is 11.3 Å². The molecule has 216 valence electrons. The molecule has 1 unspecified atom stereocenters. The molecule has 1 fully saturated rings. The van der Waals surface area contributed by atoms with Crippen LogP contribution in [0.1, 0.15) is 57.5 Å². The third-order valence-corrected chi connectivity index (χ3v) is 9.33. The van der Waals surface area contributed by atoms with Gasteiger partial charge < -0.3 is 20.2 Å². The number of pyridine rings is 1. The number of benzene rings is 2. The van der Waals surface area contributed by atoms with Crippen LogP contribution in [0, 0.1) is 12.7 Å². The fraction of sp³-hybridized carbons (Fsp3) is 0.303. The first-order chi connectivity index (χ1) is 20.2. The lowest BCUT2D eigenvalue weighted by molar-refractivity contribution is 0.0481. The van der Waals surface area contributed by atoms with Crippen LogP contribution in [0.4, 0.5) is 21.6 Å². The molecule has 1 atom stereocenters. The minimum absolute atomic E-state index is 0.184. The fourth-order valence-corrected chi connectivity index (χ4v) is 6.87. The second kappa shape index (κ2) is 11.3. The van der Waals surface area contributed by atoms with Crippen LogP contribution >= 0.6 is 11.3 Å². The minimum Gasteiger partial charge on any atom is -0.390 e. The van der Waals surface area contributed by atoms with Crippen molar-refractivity contribution in [2.24, 2.45) is 0 Å². The number of nitrogens with zero attached hydrogens (tertiary/aromatic N) is 3. The summed E-state index contributed by atoms with van der Waals surface area (Å²) < 4.78 is 14.4. The molecule has 6 rings (SSSR count). The Morgan fingerprint density at radius 3 is 2.67 bits per heavy atom. The topological polar surface area (TPSA) is 85.8 Å². The zero-order valence-corrected chi connectivity index (χ0v) is 24.5. The Morgan fingerprint density at radius 2 is 1.83 bits per heavy atom. The summed E-state index contributed by atoms with van der Waals surface area (Å²) in [6, 6.07) is 19.8. The van der Waals surface area contributed by atoms with Crippen molar-refractivity contribution in [3.05, 3.63) is 94.2 Å². The van der Waals surface area contributed by atoms with Crippen molar-refractivity contribution < 1.29 is 19.1 Å². The molecule has 2 aliphatic heterocycles. The van der Waals surface area contributed by atoms with E-state index in [0.717, 1.165) is 46.9 Å². The van der Waals surface area contributed by atoms with Crippen molar-refractivity contribution >= 4 is 40.3 Å². The van der Waals surface area contributed by atoms with Crippen LogP contribution in [0.2, 0.25) is 0 Å². The lowest BCUT2D eigenvalue weighted by atomic mass is 9.98. The third kappa shape index (κ3) is 5.54. The van der Waals surface area contributed by atoms with Crippen molar-refractivity contribution in [2.45, 2.75) is 45.1 Å². The van der Waals surface area contributed by atoms with Crippen molar-refractivity contribution in [2.75, 3.05) is 34.8 Å². The van der Waals surface area contributed by atoms with Gasteiger partial charge in [-0.1, -0.05) is 36.4 Å². The lowest BCUT2D eigenvalue weighted by Crippen LogP contribution is -2.34. The molecule has 2 amide bonds. The van der Waals surface area contributed by atoms with E-state index in [1.54, 1.807) is 30.0 Å². The summed E-state index contributed by atoms with van der Waals surface area (Å²) in [6.07, 6.45) is 2.80. The second-order valence-electron chi connectivity index (χ2n) is 11.3. The normalized spacial score (nSPS) is 18.5. The van der Waals surface area contributed by atoms with E-state index in [4.69, 9.17) is 4.98 Å². The molecule has 9 heteroatoms. The van der Waals surface area contributed by atoms with E-state index in [-0.39, 0.29) is 17.5 Å². The van der Waals surface area contributed by atoms with Crippen LogP contribution in [0.3, 0.4) is 0 Å². The number of fused-ring (bicyclic) bond motifs is 3. The average Bonchev–Trinajstić information content (AvgIpc) is 3.24. The van der Waals surface area contributed by atoms with Gasteiger partial charge in [-0.25, -0.2) is 9.37 Å². The largest absolute Gasteiger partial charge is 0.390 e. The predicted molar refractivity (Wildman–Crippen MR) is 165 cm³/mol. The molecular formula is C33H33FN4O3S. The number of rotatable bonds is 4. The summed E-state index contributed by atoms with van der Waals surface area (Å²) >= 11 is 1.35. The predicted octanol–water partition coefficient (Wildman–Crippen LogP) is 6.45. The highest BCUT2D eigenvalue weighted by Crippen LogP contribution is 2.42. The van der Waals surface area contributed by atoms with Gasteiger partial charge in [0, 0.05) is 30.1 Å². The number of halogens is 1. The van der Waals surface area contributed by atoms with Gasteiger partial charge >= 0.3 is 0 Å². The van der Waals surface area contributed by atoms with Crippen LogP contribution in [0.25, 0.3) is 10.4 Å². The first kappa shape index (κ1) is 28.1. The monoisotopic (exact) mass is 584 g/mol. The highest BCUT2D eigenvalue weighted by Gasteiger charge is 2.30. The Morgan fingerprint density at radius 1 is 1.02 bits per heavy atom. The third-order valence-electron chi connectivity index (χ3n) is 8.12. The van der Waals surface area contributed by atoms with E-state index in [1.807, 2.05) is 49.4 Å². The maximum absolute atomic E-state index is 14.4. The molecule has 7 nitrogen and oxygen atoms in total. The number of hydrogen-bond donors (Lipinski definition) is 2. The number of para-hydroxylation sites is 2. The molecule has 2 aromatic carbocycles. The zero-order valence-electron chi connectivity index (χ0n) is 23.7. The van der Waals surface area contributed by atoms with Crippen molar-refractivity contribution in [3.8, 4) is 10.4 Å². The quantitative estimate of drug-likeness (QED) is 0.288. The van der Waals surface area contributed by atoms with E-state index >= 15 is 0 Å². The molecule has 2 aromatic heterocycles. The Kier molecular flexibility index (Phi) is 7.55. The Hall–Kier alpha value is -4.08. The fourth-order valence-electron chi connectivity index (χ4n) is 5.73. The number of aryl methyl sites for hydroxylation is 1. The van der Waals surface area contributed by atoms with Gasteiger partial charge in [0.2, 0.25) is 0 Å². The Bertz CT molecular complexity index is 1650. The number of amides is 2. The smallest absolute Gasteiger partial charge is 0.276 e. The molecule has 4 aromatic rings. The van der Waals surface area contributed by atoms with Crippen LogP contribution in [-0.2, 0) is 6.42 Å². The number of anilines is 3. The molecule has 0 radical (unpaired) electrons. The molecule has 0 saturated carbocycles. The van der Waals surface area contributed by atoms with Crippen molar-refractivity contribution in [3.63, 3.8) is 0 Å². The van der Waals surface area contributed by atoms with Gasteiger partial charge in [0.1, 0.15) is 17.3 Å². The van der Waals surface area contributed by atoms with E-state index in [2.05, 4.69) is 10.2 Å². The summed E-state index contributed by atoms with van der Waals surface area (Å²) in [6.45, 7) is 5.51. The van der Waals surface area contributed by atoms with Crippen LogP contribution in [0.5, 0.6) is 0 Å². The maximum atomic E-state index is 14.4. The van der Waals surface area contributed by atoms with Gasteiger partial charge in [0.15, 0.2) is 0 Å². The summed E-state index contributed by atoms with van der Waals surface area (Å²) in [7, 11) is 0. The number of nitrogens with one attached hydrogen (secondary N) is 1. The van der Waals surface area contributed by atoms with E-state index < -0.39 is 11.4 Å². The molecule has 2 N–H and O–H groups in total. The number of carbonyl (C=O) groups is 2. The number of aromatic nitrogens is 1. The number of carbonyl (C=O) groups excluding carboxylic acids is 2. The van der Waals surface area contributed by atoms with Crippen LogP contribution < -0.4 is 15.1 Å². The molecule has 1 saturated heterocycles. The summed E-state index contributed by atoms with van der Waals surface area (Å²) in [4.78, 5) is 37.2. The minimum atomic E-state index is -0.685. The molecular weight excluding hydrogens is 551 g/mol. The van der Waals surface area contributed by atoms with E-state index in [1.165, 1.54) is 17.4 Å². The Labute approximate surface area is 248 Å². The SMILES string of the molecule is Cc1cccc(F)c1NC(=O)c1cc2c(s1)-c1ccccc1N(C(=O)c1cccc(N3CCCC(C)(O)CC3)n1)CC2. The highest BCUT2D eigenvalue weighted by molar-refractivity contribution is 7.17. The molecule has 4 heterocycles. The average molecular weight is 585 g/mol. The number of thiophene rings is 1. The van der Waals surface area contributed by atoms with Crippen LogP contribution in [0.15, 0.2) is 66.7 Å². The van der Waals surface area contributed by atoms with Gasteiger partial charge in [-0.05, 0) is 81.0 Å². The lowest BCUT2D eigenvalue weighted by Gasteiger charge is -2.25. The summed E-state index contributed by atoms with van der Waals surface area (Å²) in [5, 5.41) is 13.2. The molecule has 0 aliphatic carbocycles. The second-order valence-corrected chi connectivity index (χ2v) is 12.3. The van der Waals surface area contributed by atoms with Gasteiger partial charge in [0.05, 0.1) is 21.9 Å². The highest BCUT2D eigenvalue weighted by atomic mass is 32.1. The van der Waals surface area contributed by atoms with E-state index in [0.29, 0.717) is 42.1 Å². The van der Waals surface area contributed by atoms with E-state index in [9.17, 15) is 19.1 Å². The van der Waals surface area contributed by atoms with Gasteiger partial charge in [-0.3, -0.25) is 9.59 Å². The zero-order chi connectivity index (χ0) is 29.4. The molecule has 0 spiro atoms. The summed E-state index contributed by atoms with van der Waals surface area (Å²) in [5.41, 5.74) is 3.12. The maximum Gasteiger partial charge on any atom is 0.276 e. The van der Waals surface area contributed by atoms with Crippen molar-refractivity contribution in [1.82, 2.24) is 4.98 Å². The van der Waals surface area contributed by atoms with Gasteiger partial charge in [0.25, 0.3) is 11.8 Å². The number of aliphatic hydroxyl groups is 1. The molecule has 2 aliphatic rings. The summed E-state index contributed by atoms with van der Waals surface area (Å²) in [5.74, 6) is -0.278. The first-order valence-corrected chi connectivity index (χ1v) is 15.1. The van der Waals surface area contributed by atoms with Gasteiger partial charge in [-0.2, -0.15) is 0 Å².